The molecule has 9 heteroatoms. The zero-order valence-electron chi connectivity index (χ0n) is 15.9. The molecule has 1 fully saturated rings. The Morgan fingerprint density at radius 1 is 0.900 bits per heavy atom. The molecular weight excluding hydrogens is 432 g/mol. The Labute approximate surface area is 177 Å². The first kappa shape index (κ1) is 24.5. The van der Waals surface area contributed by atoms with E-state index in [4.69, 9.17) is 4.74 Å². The number of benzene rings is 2. The van der Waals surface area contributed by atoms with Crippen LogP contribution in [0, 0.1) is 5.92 Å². The highest BCUT2D eigenvalue weighted by Gasteiger charge is 2.37. The lowest BCUT2D eigenvalue weighted by Gasteiger charge is -2.32. The summed E-state index contributed by atoms with van der Waals surface area (Å²) in [6.07, 6.45) is -8.83. The molecule has 0 aromatic heterocycles. The van der Waals surface area contributed by atoms with E-state index >= 15 is 0 Å². The lowest BCUT2D eigenvalue weighted by Crippen LogP contribution is -2.37. The molecule has 0 saturated carbocycles. The maximum Gasteiger partial charge on any atom is 0.416 e. The molecule has 0 spiro atoms. The van der Waals surface area contributed by atoms with E-state index in [-0.39, 0.29) is 49.1 Å². The summed E-state index contributed by atoms with van der Waals surface area (Å²) in [5.74, 6) is 0.309. The van der Waals surface area contributed by atoms with Crippen LogP contribution in [0.1, 0.15) is 34.6 Å². The van der Waals surface area contributed by atoms with Gasteiger partial charge in [0.05, 0.1) is 24.3 Å². The van der Waals surface area contributed by atoms with Crippen LogP contribution in [0.5, 0.6) is 0 Å². The number of halogens is 7. The molecule has 1 saturated heterocycles. The first-order valence-electron chi connectivity index (χ1n) is 9.26. The van der Waals surface area contributed by atoms with Gasteiger partial charge in [-0.05, 0) is 48.2 Å². The van der Waals surface area contributed by atoms with E-state index in [9.17, 15) is 26.3 Å². The van der Waals surface area contributed by atoms with Crippen LogP contribution in [0.25, 0.3) is 0 Å². The second-order valence-corrected chi connectivity index (χ2v) is 7.20. The largest absolute Gasteiger partial charge is 0.416 e. The van der Waals surface area contributed by atoms with Crippen LogP contribution in [0.3, 0.4) is 0 Å². The Kier molecular flexibility index (Phi) is 8.19. The zero-order chi connectivity index (χ0) is 21.1. The summed E-state index contributed by atoms with van der Waals surface area (Å²) >= 11 is 0. The molecule has 2 unspecified atom stereocenters. The minimum atomic E-state index is -4.86. The van der Waals surface area contributed by atoms with E-state index in [0.29, 0.717) is 18.7 Å². The normalized spacial score (nSPS) is 19.9. The third-order valence-corrected chi connectivity index (χ3v) is 5.08. The molecule has 2 aromatic carbocycles. The lowest BCUT2D eigenvalue weighted by atomic mass is 9.81. The van der Waals surface area contributed by atoms with E-state index in [1.807, 2.05) is 30.3 Å². The van der Waals surface area contributed by atoms with E-state index in [1.165, 1.54) is 0 Å². The molecule has 0 amide bonds. The summed E-state index contributed by atoms with van der Waals surface area (Å²) in [6, 6.07) is 11.4. The smallest absolute Gasteiger partial charge is 0.376 e. The molecule has 0 radical (unpaired) electrons. The minimum absolute atomic E-state index is 0. The summed E-state index contributed by atoms with van der Waals surface area (Å²) in [5, 5.41) is 3.26. The lowest BCUT2D eigenvalue weighted by molar-refractivity contribution is -0.143. The molecule has 3 rings (SSSR count). The summed E-state index contributed by atoms with van der Waals surface area (Å²) < 4.78 is 83.4. The van der Waals surface area contributed by atoms with Gasteiger partial charge >= 0.3 is 12.4 Å². The van der Waals surface area contributed by atoms with Crippen LogP contribution in [0.15, 0.2) is 48.5 Å². The van der Waals surface area contributed by atoms with Gasteiger partial charge in [-0.1, -0.05) is 30.3 Å². The van der Waals surface area contributed by atoms with Gasteiger partial charge in [0.25, 0.3) is 0 Å². The number of hydrogen-bond acceptors (Lipinski definition) is 2. The Morgan fingerprint density at radius 2 is 1.50 bits per heavy atom. The van der Waals surface area contributed by atoms with Crippen molar-refractivity contribution in [3.63, 3.8) is 0 Å². The maximum atomic E-state index is 13.0. The summed E-state index contributed by atoms with van der Waals surface area (Å²) in [4.78, 5) is 0. The van der Waals surface area contributed by atoms with Crippen molar-refractivity contribution in [1.29, 1.82) is 0 Å². The standard InChI is InChI=1S/C21H21F6NO.ClH/c22-20(23,24)17-8-14(9-18(10-17)21(25,26)27)12-29-13-16-11-28-7-6-19(16)15-4-2-1-3-5-15;/h1-5,8-10,16,19,28H,6-7,11-13H2;1H. The number of hydrogen-bond donors (Lipinski definition) is 1. The molecule has 2 aromatic rings. The van der Waals surface area contributed by atoms with Gasteiger partial charge in [0.15, 0.2) is 0 Å². The Bertz CT molecular complexity index is 777. The molecule has 0 aliphatic carbocycles. The van der Waals surface area contributed by atoms with Crippen LogP contribution < -0.4 is 5.32 Å². The van der Waals surface area contributed by atoms with Crippen LogP contribution in [-0.2, 0) is 23.7 Å². The number of piperidine rings is 1. The number of ether oxygens (including phenoxy) is 1. The van der Waals surface area contributed by atoms with Crippen molar-refractivity contribution in [3.8, 4) is 0 Å². The third-order valence-electron chi connectivity index (χ3n) is 5.08. The van der Waals surface area contributed by atoms with E-state index in [2.05, 4.69) is 5.32 Å². The van der Waals surface area contributed by atoms with Crippen molar-refractivity contribution in [1.82, 2.24) is 5.32 Å². The topological polar surface area (TPSA) is 21.3 Å². The first-order chi connectivity index (χ1) is 13.6. The highest BCUT2D eigenvalue weighted by molar-refractivity contribution is 5.85. The second-order valence-electron chi connectivity index (χ2n) is 7.20. The Morgan fingerprint density at radius 3 is 2.07 bits per heavy atom. The average Bonchev–Trinajstić information content (AvgIpc) is 2.67. The average molecular weight is 454 g/mol. The fourth-order valence-electron chi connectivity index (χ4n) is 3.67. The zero-order valence-corrected chi connectivity index (χ0v) is 16.7. The van der Waals surface area contributed by atoms with Gasteiger partial charge in [0.1, 0.15) is 0 Å². The highest BCUT2D eigenvalue weighted by Crippen LogP contribution is 2.36. The van der Waals surface area contributed by atoms with Gasteiger partial charge in [0.2, 0.25) is 0 Å². The Balaban J connectivity index is 0.00000320. The SMILES string of the molecule is Cl.FC(F)(F)c1cc(COCC2CNCCC2c2ccccc2)cc(C(F)(F)F)c1. The van der Waals surface area contributed by atoms with Gasteiger partial charge in [-0.3, -0.25) is 0 Å². The van der Waals surface area contributed by atoms with Gasteiger partial charge in [0, 0.05) is 12.5 Å². The van der Waals surface area contributed by atoms with Gasteiger partial charge in [-0.25, -0.2) is 0 Å². The van der Waals surface area contributed by atoms with E-state index < -0.39 is 23.5 Å². The van der Waals surface area contributed by atoms with Crippen molar-refractivity contribution in [2.45, 2.75) is 31.3 Å². The summed E-state index contributed by atoms with van der Waals surface area (Å²) in [7, 11) is 0. The quantitative estimate of drug-likeness (QED) is 0.556. The molecule has 2 atom stereocenters. The van der Waals surface area contributed by atoms with E-state index in [1.54, 1.807) is 0 Å². The molecular formula is C21H22ClF6NO. The van der Waals surface area contributed by atoms with Gasteiger partial charge in [-0.2, -0.15) is 26.3 Å². The Hall–Kier alpha value is -1.77. The summed E-state index contributed by atoms with van der Waals surface area (Å²) in [6.45, 7) is 1.45. The van der Waals surface area contributed by atoms with E-state index in [0.717, 1.165) is 18.5 Å². The minimum Gasteiger partial charge on any atom is -0.376 e. The summed E-state index contributed by atoms with van der Waals surface area (Å²) in [5.41, 5.74) is -1.65. The fourth-order valence-corrected chi connectivity index (χ4v) is 3.67. The number of alkyl halides is 6. The second kappa shape index (κ2) is 10.0. The molecule has 1 N–H and O–H groups in total. The van der Waals surface area contributed by atoms with Crippen LogP contribution >= 0.6 is 12.4 Å². The molecule has 0 bridgehead atoms. The number of rotatable bonds is 5. The molecule has 30 heavy (non-hydrogen) atoms. The van der Waals surface area contributed by atoms with Gasteiger partial charge < -0.3 is 10.1 Å². The van der Waals surface area contributed by atoms with Crippen LogP contribution in [-0.4, -0.2) is 19.7 Å². The fraction of sp³-hybridized carbons (Fsp3) is 0.429. The molecule has 1 heterocycles. The molecule has 2 nitrogen and oxygen atoms in total. The van der Waals surface area contributed by atoms with Crippen molar-refractivity contribution in [3.05, 3.63) is 70.8 Å². The maximum absolute atomic E-state index is 13.0. The highest BCUT2D eigenvalue weighted by atomic mass is 35.5. The monoisotopic (exact) mass is 453 g/mol. The number of nitrogens with one attached hydrogen (secondary N) is 1. The van der Waals surface area contributed by atoms with Crippen molar-refractivity contribution < 1.29 is 31.1 Å². The molecule has 1 aliphatic heterocycles. The van der Waals surface area contributed by atoms with Gasteiger partial charge in [-0.15, -0.1) is 12.4 Å². The van der Waals surface area contributed by atoms with Crippen molar-refractivity contribution >= 4 is 12.4 Å². The van der Waals surface area contributed by atoms with Crippen molar-refractivity contribution in [2.75, 3.05) is 19.7 Å². The van der Waals surface area contributed by atoms with Crippen molar-refractivity contribution in [2.24, 2.45) is 5.92 Å². The predicted octanol–water partition coefficient (Wildman–Crippen LogP) is 6.06. The predicted molar refractivity (Wildman–Crippen MR) is 104 cm³/mol. The third kappa shape index (κ3) is 6.36. The van der Waals surface area contributed by atoms with Crippen LogP contribution in [0.2, 0.25) is 0 Å². The first-order valence-corrected chi connectivity index (χ1v) is 9.26. The van der Waals surface area contributed by atoms with Crippen LogP contribution in [0.4, 0.5) is 26.3 Å². The molecule has 1 aliphatic rings. The molecule has 166 valence electrons.